The van der Waals surface area contributed by atoms with Crippen molar-refractivity contribution in [2.24, 2.45) is 0 Å². The topological polar surface area (TPSA) is 48.1 Å². The minimum Gasteiger partial charge on any atom is -0.313 e. The van der Waals surface area contributed by atoms with Crippen molar-refractivity contribution in [1.29, 1.82) is 0 Å². The first kappa shape index (κ1) is 35.1. The fourth-order valence-corrected chi connectivity index (χ4v) is 1.54. The van der Waals surface area contributed by atoms with Crippen molar-refractivity contribution < 1.29 is 0 Å². The van der Waals surface area contributed by atoms with Gasteiger partial charge in [0, 0.05) is 13.1 Å². The van der Waals surface area contributed by atoms with Crippen LogP contribution in [0.2, 0.25) is 0 Å². The Morgan fingerprint density at radius 1 is 0.583 bits per heavy atom. The highest BCUT2D eigenvalue weighted by Gasteiger charge is 1.87. The minimum atomic E-state index is 0. The molecule has 0 fully saturated rings. The van der Waals surface area contributed by atoms with E-state index in [4.69, 9.17) is 12.8 Å². The third kappa shape index (κ3) is 33.5. The lowest BCUT2D eigenvalue weighted by Gasteiger charge is -2.03. The first-order chi connectivity index (χ1) is 9.91. The van der Waals surface area contributed by atoms with Gasteiger partial charge in [0.2, 0.25) is 0 Å². The van der Waals surface area contributed by atoms with Crippen LogP contribution in [0.1, 0.15) is 12.8 Å². The van der Waals surface area contributed by atoms with Gasteiger partial charge in [0.1, 0.15) is 0 Å². The molecule has 8 heteroatoms. The van der Waals surface area contributed by atoms with Gasteiger partial charge < -0.3 is 21.3 Å². The summed E-state index contributed by atoms with van der Waals surface area (Å²) in [5.41, 5.74) is 0. The predicted octanol–water partition coefficient (Wildman–Crippen LogP) is 1.63. The molecule has 0 heterocycles. The fourth-order valence-electron chi connectivity index (χ4n) is 1.54. The second-order valence-corrected chi connectivity index (χ2v) is 4.35. The fraction of sp³-hybridized carbons (Fsp3) is 0.625. The zero-order valence-corrected chi connectivity index (χ0v) is 17.3. The van der Waals surface area contributed by atoms with E-state index < -0.39 is 0 Å². The van der Waals surface area contributed by atoms with Crippen molar-refractivity contribution in [3.63, 3.8) is 0 Å². The summed E-state index contributed by atoms with van der Waals surface area (Å²) in [7, 11) is 0. The highest BCUT2D eigenvalue weighted by molar-refractivity contribution is 5.86. The van der Waals surface area contributed by atoms with Crippen LogP contribution in [0, 0.1) is 24.7 Å². The SMILES string of the molecule is C#CCNCCCNCC=CCNCCCNCC#C.Cl.Cl.Cl.Cl. The van der Waals surface area contributed by atoms with Crippen LogP contribution in [0.4, 0.5) is 0 Å². The Kier molecular flexibility index (Phi) is 50.0. The molecule has 0 radical (unpaired) electrons. The lowest BCUT2D eigenvalue weighted by molar-refractivity contribution is 0.637. The van der Waals surface area contributed by atoms with E-state index in [1.54, 1.807) is 0 Å². The van der Waals surface area contributed by atoms with Gasteiger partial charge >= 0.3 is 0 Å². The molecule has 24 heavy (non-hydrogen) atoms. The van der Waals surface area contributed by atoms with Crippen LogP contribution in [0.5, 0.6) is 0 Å². The van der Waals surface area contributed by atoms with E-state index in [0.29, 0.717) is 13.1 Å². The average Bonchev–Trinajstić information content (AvgIpc) is 2.47. The number of hydrogen-bond acceptors (Lipinski definition) is 4. The summed E-state index contributed by atoms with van der Waals surface area (Å²) in [6.07, 6.45) is 16.8. The molecular weight excluding hydrogens is 390 g/mol. The molecule has 0 atom stereocenters. The average molecular weight is 422 g/mol. The van der Waals surface area contributed by atoms with Crippen LogP contribution < -0.4 is 21.3 Å². The number of halogens is 4. The van der Waals surface area contributed by atoms with Crippen molar-refractivity contribution in [2.45, 2.75) is 12.8 Å². The van der Waals surface area contributed by atoms with Gasteiger partial charge in [-0.05, 0) is 39.0 Å². The minimum absolute atomic E-state index is 0. The molecule has 0 bridgehead atoms. The molecule has 0 amide bonds. The third-order valence-corrected chi connectivity index (χ3v) is 2.56. The van der Waals surface area contributed by atoms with Gasteiger partial charge in [-0.15, -0.1) is 62.5 Å². The third-order valence-electron chi connectivity index (χ3n) is 2.56. The zero-order chi connectivity index (χ0) is 14.7. The number of rotatable bonds is 14. The van der Waals surface area contributed by atoms with Gasteiger partial charge in [-0.2, -0.15) is 0 Å². The van der Waals surface area contributed by atoms with E-state index in [1.165, 1.54) is 0 Å². The molecule has 0 saturated heterocycles. The summed E-state index contributed by atoms with van der Waals surface area (Å²) >= 11 is 0. The molecule has 0 aromatic carbocycles. The van der Waals surface area contributed by atoms with Crippen LogP contribution in [-0.4, -0.2) is 52.4 Å². The highest BCUT2D eigenvalue weighted by atomic mass is 35.5. The molecule has 0 unspecified atom stereocenters. The molecule has 0 rings (SSSR count). The van der Waals surface area contributed by atoms with E-state index >= 15 is 0 Å². The second-order valence-electron chi connectivity index (χ2n) is 4.35. The molecule has 0 aromatic heterocycles. The van der Waals surface area contributed by atoms with E-state index in [1.807, 2.05) is 0 Å². The maximum atomic E-state index is 5.13. The van der Waals surface area contributed by atoms with E-state index in [2.05, 4.69) is 45.3 Å². The molecule has 0 saturated carbocycles. The molecule has 0 spiro atoms. The van der Waals surface area contributed by atoms with Gasteiger partial charge in [0.05, 0.1) is 13.1 Å². The Balaban J connectivity index is -0.000000301. The summed E-state index contributed by atoms with van der Waals surface area (Å²) in [4.78, 5) is 0. The lowest BCUT2D eigenvalue weighted by Crippen LogP contribution is -2.23. The Labute approximate surface area is 172 Å². The van der Waals surface area contributed by atoms with Crippen LogP contribution >= 0.6 is 49.6 Å². The van der Waals surface area contributed by atoms with Gasteiger partial charge in [0.15, 0.2) is 0 Å². The van der Waals surface area contributed by atoms with Crippen LogP contribution in [-0.2, 0) is 0 Å². The summed E-state index contributed by atoms with van der Waals surface area (Å²) in [6.45, 7) is 7.10. The molecule has 0 aliphatic rings. The van der Waals surface area contributed by atoms with Crippen molar-refractivity contribution in [2.75, 3.05) is 52.4 Å². The summed E-state index contributed by atoms with van der Waals surface area (Å²) < 4.78 is 0. The van der Waals surface area contributed by atoms with E-state index in [9.17, 15) is 0 Å². The molecule has 0 aliphatic heterocycles. The Morgan fingerprint density at radius 2 is 0.917 bits per heavy atom. The Hall–Kier alpha value is -0.140. The molecule has 0 aromatic rings. The van der Waals surface area contributed by atoms with Gasteiger partial charge in [0.25, 0.3) is 0 Å². The maximum absolute atomic E-state index is 5.13. The van der Waals surface area contributed by atoms with Crippen molar-refractivity contribution in [1.82, 2.24) is 21.3 Å². The van der Waals surface area contributed by atoms with Gasteiger partial charge in [-0.1, -0.05) is 24.0 Å². The maximum Gasteiger partial charge on any atom is 0.0573 e. The standard InChI is InChI=1S/C16H28N4.4ClH/c1-3-9-17-13-7-15-19-11-5-6-12-20-16-8-14-18-10-4-2;;;;/h1-2,5-6,17-20H,7-16H2;4*1H. The predicted molar refractivity (Wildman–Crippen MR) is 117 cm³/mol. The quantitative estimate of drug-likeness (QED) is 0.195. The summed E-state index contributed by atoms with van der Waals surface area (Å²) in [5.74, 6) is 5.11. The first-order valence-electron chi connectivity index (χ1n) is 7.26. The second kappa shape index (κ2) is 34.2. The van der Waals surface area contributed by atoms with Crippen LogP contribution in [0.25, 0.3) is 0 Å². The molecule has 144 valence electrons. The van der Waals surface area contributed by atoms with Crippen molar-refractivity contribution >= 4 is 49.6 Å². The highest BCUT2D eigenvalue weighted by Crippen LogP contribution is 1.76. The normalized spacial score (nSPS) is 8.75. The lowest BCUT2D eigenvalue weighted by atomic mass is 10.4. The summed E-state index contributed by atoms with van der Waals surface area (Å²) in [5, 5.41) is 13.0. The van der Waals surface area contributed by atoms with Crippen molar-refractivity contribution in [3.8, 4) is 24.7 Å². The molecular formula is C16H32Cl4N4. The monoisotopic (exact) mass is 420 g/mol. The van der Waals surface area contributed by atoms with Crippen LogP contribution in [0.3, 0.4) is 0 Å². The van der Waals surface area contributed by atoms with Gasteiger partial charge in [-0.25, -0.2) is 0 Å². The first-order valence-corrected chi connectivity index (χ1v) is 7.26. The largest absolute Gasteiger partial charge is 0.313 e. The molecule has 4 nitrogen and oxygen atoms in total. The molecule has 4 N–H and O–H groups in total. The Bertz CT molecular complexity index is 284. The number of hydrogen-bond donors (Lipinski definition) is 4. The smallest absolute Gasteiger partial charge is 0.0573 e. The number of nitrogens with one attached hydrogen (secondary N) is 4. The summed E-state index contributed by atoms with van der Waals surface area (Å²) in [6, 6.07) is 0. The zero-order valence-electron chi connectivity index (χ0n) is 14.0. The van der Waals surface area contributed by atoms with Crippen molar-refractivity contribution in [3.05, 3.63) is 12.2 Å². The van der Waals surface area contributed by atoms with Crippen LogP contribution in [0.15, 0.2) is 12.2 Å². The molecule has 0 aliphatic carbocycles. The number of terminal acetylenes is 2. The van der Waals surface area contributed by atoms with Gasteiger partial charge in [-0.3, -0.25) is 0 Å². The van der Waals surface area contributed by atoms with E-state index in [-0.39, 0.29) is 49.6 Å². The Morgan fingerprint density at radius 3 is 1.25 bits per heavy atom. The van der Waals surface area contributed by atoms with E-state index in [0.717, 1.165) is 52.1 Å².